The first-order valence-electron chi connectivity index (χ1n) is 4.34. The summed E-state index contributed by atoms with van der Waals surface area (Å²) in [7, 11) is 0. The van der Waals surface area contributed by atoms with Gasteiger partial charge in [-0.1, -0.05) is 13.8 Å². The number of hydrogen-bond donors (Lipinski definition) is 3. The molecule has 0 spiro atoms. The molecule has 0 radical (unpaired) electrons. The summed E-state index contributed by atoms with van der Waals surface area (Å²) in [5.74, 6) is 5.23. The maximum atomic E-state index is 11.4. The molecule has 1 heterocycles. The number of rotatable bonds is 3. The number of anilines is 2. The van der Waals surface area contributed by atoms with E-state index in [4.69, 9.17) is 17.4 Å². The van der Waals surface area contributed by atoms with Crippen LogP contribution < -0.4 is 16.6 Å². The summed E-state index contributed by atoms with van der Waals surface area (Å²) in [5.41, 5.74) is 2.73. The summed E-state index contributed by atoms with van der Waals surface area (Å²) in [4.78, 5) is 18.9. The third-order valence-electron chi connectivity index (χ3n) is 1.68. The highest BCUT2D eigenvalue weighted by Gasteiger charge is 2.11. The van der Waals surface area contributed by atoms with Gasteiger partial charge in [0.1, 0.15) is 5.69 Å². The van der Waals surface area contributed by atoms with Crippen molar-refractivity contribution in [3.05, 3.63) is 11.5 Å². The van der Waals surface area contributed by atoms with Crippen LogP contribution >= 0.6 is 11.6 Å². The van der Waals surface area contributed by atoms with Crippen molar-refractivity contribution in [3.63, 3.8) is 0 Å². The van der Waals surface area contributed by atoms with Crippen LogP contribution in [0.3, 0.4) is 0 Å². The summed E-state index contributed by atoms with van der Waals surface area (Å²) in [5, 5.41) is 2.68. The van der Waals surface area contributed by atoms with Crippen LogP contribution in [0.1, 0.15) is 13.8 Å². The fourth-order valence-electron chi connectivity index (χ4n) is 0.839. The van der Waals surface area contributed by atoms with Crippen molar-refractivity contribution in [1.82, 2.24) is 9.97 Å². The average molecular weight is 230 g/mol. The van der Waals surface area contributed by atoms with E-state index in [1.807, 2.05) is 0 Å². The molecular weight excluding hydrogens is 218 g/mol. The molecule has 15 heavy (non-hydrogen) atoms. The van der Waals surface area contributed by atoms with Crippen LogP contribution in [-0.2, 0) is 4.79 Å². The number of aromatic nitrogens is 2. The van der Waals surface area contributed by atoms with Gasteiger partial charge in [0.2, 0.25) is 11.2 Å². The second-order valence-corrected chi connectivity index (χ2v) is 3.53. The number of carbonyl (C=O) groups excluding carboxylic acids is 1. The van der Waals surface area contributed by atoms with Gasteiger partial charge in [0, 0.05) is 5.92 Å². The number of carbonyl (C=O) groups is 1. The minimum absolute atomic E-state index is 0.0606. The van der Waals surface area contributed by atoms with E-state index in [1.54, 1.807) is 13.8 Å². The second-order valence-electron chi connectivity index (χ2n) is 3.19. The Hall–Kier alpha value is -1.40. The molecule has 0 bridgehead atoms. The van der Waals surface area contributed by atoms with Crippen LogP contribution in [-0.4, -0.2) is 15.9 Å². The highest BCUT2D eigenvalue weighted by Crippen LogP contribution is 2.18. The van der Waals surface area contributed by atoms with E-state index in [2.05, 4.69) is 20.7 Å². The predicted octanol–water partition coefficient (Wildman–Crippen LogP) is 1.01. The molecule has 0 aliphatic rings. The molecule has 1 amide bonds. The second kappa shape index (κ2) is 4.90. The van der Waals surface area contributed by atoms with Crippen LogP contribution in [0.4, 0.5) is 11.5 Å². The first-order chi connectivity index (χ1) is 7.04. The Labute approximate surface area is 92.2 Å². The van der Waals surface area contributed by atoms with Gasteiger partial charge in [-0.05, 0) is 11.6 Å². The summed E-state index contributed by atoms with van der Waals surface area (Å²) in [6.45, 7) is 3.56. The molecule has 0 aliphatic heterocycles. The maximum absolute atomic E-state index is 11.4. The molecule has 0 fully saturated rings. The molecule has 0 aromatic carbocycles. The molecule has 6 nitrogen and oxygen atoms in total. The zero-order chi connectivity index (χ0) is 11.4. The van der Waals surface area contributed by atoms with E-state index in [-0.39, 0.29) is 22.9 Å². The number of hydrazine groups is 1. The van der Waals surface area contributed by atoms with E-state index < -0.39 is 0 Å². The smallest absolute Gasteiger partial charge is 0.227 e. The number of nitrogens with zero attached hydrogens (tertiary/aromatic N) is 2. The van der Waals surface area contributed by atoms with Gasteiger partial charge < -0.3 is 10.7 Å². The number of nitrogens with one attached hydrogen (secondary N) is 2. The fraction of sp³-hybridized carbons (Fsp3) is 0.375. The average Bonchev–Trinajstić information content (AvgIpc) is 2.20. The van der Waals surface area contributed by atoms with Gasteiger partial charge >= 0.3 is 0 Å². The first kappa shape index (κ1) is 11.7. The molecule has 0 unspecified atom stereocenters. The molecule has 1 aromatic heterocycles. The zero-order valence-electron chi connectivity index (χ0n) is 8.41. The number of nitrogen functional groups attached to an aromatic ring is 1. The highest BCUT2D eigenvalue weighted by atomic mass is 35.5. The zero-order valence-corrected chi connectivity index (χ0v) is 9.17. The molecule has 7 heteroatoms. The monoisotopic (exact) mass is 229 g/mol. The third kappa shape index (κ3) is 3.03. The van der Waals surface area contributed by atoms with Gasteiger partial charge in [-0.2, -0.15) is 4.98 Å². The number of hydrogen-bond acceptors (Lipinski definition) is 5. The molecule has 0 saturated carbocycles. The lowest BCUT2D eigenvalue weighted by Gasteiger charge is -2.10. The lowest BCUT2D eigenvalue weighted by atomic mass is 10.2. The first-order valence-corrected chi connectivity index (χ1v) is 4.72. The van der Waals surface area contributed by atoms with Crippen LogP contribution in [0.2, 0.25) is 5.28 Å². The van der Waals surface area contributed by atoms with Crippen LogP contribution in [0, 0.1) is 5.92 Å². The van der Waals surface area contributed by atoms with Crippen molar-refractivity contribution in [3.8, 4) is 0 Å². The lowest BCUT2D eigenvalue weighted by molar-refractivity contribution is -0.118. The van der Waals surface area contributed by atoms with E-state index in [0.717, 1.165) is 0 Å². The number of nitrogens with two attached hydrogens (primary N) is 1. The van der Waals surface area contributed by atoms with E-state index in [9.17, 15) is 4.79 Å². The molecule has 4 N–H and O–H groups in total. The topological polar surface area (TPSA) is 92.9 Å². The van der Waals surface area contributed by atoms with Crippen molar-refractivity contribution < 1.29 is 4.79 Å². The van der Waals surface area contributed by atoms with Gasteiger partial charge in [-0.3, -0.25) is 4.79 Å². The van der Waals surface area contributed by atoms with Crippen molar-refractivity contribution in [2.45, 2.75) is 13.8 Å². The Kier molecular flexibility index (Phi) is 3.81. The summed E-state index contributed by atoms with van der Waals surface area (Å²) in [6, 6.07) is 0. The molecule has 1 aromatic rings. The largest absolute Gasteiger partial charge is 0.321 e. The van der Waals surface area contributed by atoms with E-state index >= 15 is 0 Å². The van der Waals surface area contributed by atoms with Crippen molar-refractivity contribution >= 4 is 29.0 Å². The summed E-state index contributed by atoms with van der Waals surface area (Å²) >= 11 is 5.56. The Balaban J connectivity index is 2.89. The van der Waals surface area contributed by atoms with Gasteiger partial charge in [0.25, 0.3) is 0 Å². The molecule has 0 saturated heterocycles. The molecule has 0 aliphatic carbocycles. The molecule has 82 valence electrons. The van der Waals surface area contributed by atoms with Crippen LogP contribution in [0.25, 0.3) is 0 Å². The lowest BCUT2D eigenvalue weighted by Crippen LogP contribution is -2.20. The summed E-state index contributed by atoms with van der Waals surface area (Å²) in [6.07, 6.45) is 1.39. The predicted molar refractivity (Wildman–Crippen MR) is 58.3 cm³/mol. The standard InChI is InChI=1S/C8H12ClN5O/c1-4(2)7(15)12-5-3-11-8(9)13-6(5)14-10/h3-4H,10H2,1-2H3,(H,12,15)(H,11,13,14). The maximum Gasteiger partial charge on any atom is 0.227 e. The minimum atomic E-state index is -0.141. The number of amides is 1. The SMILES string of the molecule is CC(C)C(=O)Nc1cnc(Cl)nc1NN. The quantitative estimate of drug-likeness (QED) is 0.409. The highest BCUT2D eigenvalue weighted by molar-refractivity contribution is 6.28. The van der Waals surface area contributed by atoms with Gasteiger partial charge in [-0.15, -0.1) is 0 Å². The van der Waals surface area contributed by atoms with Crippen LogP contribution in [0.15, 0.2) is 6.20 Å². The van der Waals surface area contributed by atoms with Gasteiger partial charge in [-0.25, -0.2) is 10.8 Å². The Morgan fingerprint density at radius 2 is 2.27 bits per heavy atom. The van der Waals surface area contributed by atoms with E-state index in [1.165, 1.54) is 6.20 Å². The van der Waals surface area contributed by atoms with E-state index in [0.29, 0.717) is 5.69 Å². The summed E-state index contributed by atoms with van der Waals surface area (Å²) < 4.78 is 0. The minimum Gasteiger partial charge on any atom is -0.321 e. The van der Waals surface area contributed by atoms with Gasteiger partial charge in [0.05, 0.1) is 6.20 Å². The fourth-order valence-corrected chi connectivity index (χ4v) is 0.972. The Bertz CT molecular complexity index is 368. The molecule has 0 atom stereocenters. The van der Waals surface area contributed by atoms with Crippen molar-refractivity contribution in [2.75, 3.05) is 10.7 Å². The molecule has 1 rings (SSSR count). The Morgan fingerprint density at radius 3 is 2.80 bits per heavy atom. The number of halogens is 1. The molecular formula is C8H12ClN5O. The Morgan fingerprint density at radius 1 is 1.60 bits per heavy atom. The normalized spacial score (nSPS) is 10.2. The third-order valence-corrected chi connectivity index (χ3v) is 1.86. The van der Waals surface area contributed by atoms with Crippen molar-refractivity contribution in [1.29, 1.82) is 0 Å². The van der Waals surface area contributed by atoms with Gasteiger partial charge in [0.15, 0.2) is 5.82 Å². The van der Waals surface area contributed by atoms with Crippen LogP contribution in [0.5, 0.6) is 0 Å². The van der Waals surface area contributed by atoms with Crippen molar-refractivity contribution in [2.24, 2.45) is 11.8 Å².